The molecule has 0 aliphatic carbocycles. The lowest BCUT2D eigenvalue weighted by atomic mass is 10.1. The number of anilines is 2. The Morgan fingerprint density at radius 2 is 1.79 bits per heavy atom. The number of rotatable bonds is 7. The molecule has 0 unspecified atom stereocenters. The smallest absolute Gasteiger partial charge is 0.225 e. The van der Waals surface area contributed by atoms with Gasteiger partial charge in [0.15, 0.2) is 5.65 Å². The van der Waals surface area contributed by atoms with Gasteiger partial charge in [-0.2, -0.15) is 4.98 Å². The lowest BCUT2D eigenvalue weighted by Crippen LogP contribution is -2.26. The van der Waals surface area contributed by atoms with Gasteiger partial charge in [-0.25, -0.2) is 18.4 Å². The van der Waals surface area contributed by atoms with Gasteiger partial charge in [0.1, 0.15) is 17.5 Å². The number of benzene rings is 2. The summed E-state index contributed by atoms with van der Waals surface area (Å²) >= 11 is 0. The maximum Gasteiger partial charge on any atom is 0.225 e. The molecule has 2 aromatic carbocycles. The van der Waals surface area contributed by atoms with E-state index < -0.39 is 11.6 Å². The van der Waals surface area contributed by atoms with E-state index in [0.29, 0.717) is 35.9 Å². The Hall–Kier alpha value is -3.59. The molecule has 0 bridgehead atoms. The van der Waals surface area contributed by atoms with Crippen molar-refractivity contribution in [2.24, 2.45) is 0 Å². The van der Waals surface area contributed by atoms with E-state index in [2.05, 4.69) is 25.3 Å². The predicted octanol–water partition coefficient (Wildman–Crippen LogP) is 3.91. The fourth-order valence-electron chi connectivity index (χ4n) is 4.22. The van der Waals surface area contributed by atoms with Crippen molar-refractivity contribution < 1.29 is 8.78 Å². The first-order chi connectivity index (χ1) is 16.1. The number of fused-ring (bicyclic) bond motifs is 1. The molecule has 0 atom stereocenters. The molecule has 9 heteroatoms. The molecule has 0 saturated carbocycles. The van der Waals surface area contributed by atoms with E-state index in [4.69, 9.17) is 5.73 Å². The third kappa shape index (κ3) is 4.49. The molecule has 0 spiro atoms. The molecule has 170 valence electrons. The average molecular weight is 450 g/mol. The topological polar surface area (TPSA) is 84.9 Å². The van der Waals surface area contributed by atoms with Gasteiger partial charge in [-0.15, -0.1) is 5.10 Å². The second kappa shape index (κ2) is 9.11. The minimum Gasteiger partial charge on any atom is -0.383 e. The SMILES string of the molecule is Nc1c2c(-c3ccc(F)cc3F)nc(NCCN3CCCC3)nc2nn1Cc1ccccc1. The fourth-order valence-corrected chi connectivity index (χ4v) is 4.22. The van der Waals surface area contributed by atoms with Crippen molar-refractivity contribution in [2.45, 2.75) is 19.4 Å². The minimum atomic E-state index is -0.715. The van der Waals surface area contributed by atoms with Crippen LogP contribution in [0.5, 0.6) is 0 Å². The molecule has 1 aliphatic heterocycles. The van der Waals surface area contributed by atoms with E-state index in [1.165, 1.54) is 25.0 Å². The summed E-state index contributed by atoms with van der Waals surface area (Å²) < 4.78 is 29.9. The second-order valence-corrected chi connectivity index (χ2v) is 8.22. The monoisotopic (exact) mass is 449 g/mol. The van der Waals surface area contributed by atoms with Gasteiger partial charge in [-0.05, 0) is 43.6 Å². The van der Waals surface area contributed by atoms with Crippen molar-refractivity contribution in [2.75, 3.05) is 37.2 Å². The molecule has 0 amide bonds. The minimum absolute atomic E-state index is 0.150. The van der Waals surface area contributed by atoms with Crippen LogP contribution in [0, 0.1) is 11.6 Å². The Morgan fingerprint density at radius 3 is 2.55 bits per heavy atom. The first-order valence-electron chi connectivity index (χ1n) is 11.1. The highest BCUT2D eigenvalue weighted by Gasteiger charge is 2.21. The summed E-state index contributed by atoms with van der Waals surface area (Å²) in [6.07, 6.45) is 2.43. The van der Waals surface area contributed by atoms with Crippen molar-refractivity contribution in [3.8, 4) is 11.3 Å². The summed E-state index contributed by atoms with van der Waals surface area (Å²) in [5.74, 6) is -0.701. The Morgan fingerprint density at radius 1 is 1.00 bits per heavy atom. The Bertz CT molecular complexity index is 1270. The van der Waals surface area contributed by atoms with E-state index in [1.807, 2.05) is 30.3 Å². The lowest BCUT2D eigenvalue weighted by molar-refractivity contribution is 0.352. The molecule has 4 aromatic rings. The maximum atomic E-state index is 14.7. The summed E-state index contributed by atoms with van der Waals surface area (Å²) in [6.45, 7) is 4.14. The molecule has 1 saturated heterocycles. The Labute approximate surface area is 190 Å². The first kappa shape index (κ1) is 21.3. The third-order valence-electron chi connectivity index (χ3n) is 5.91. The number of nitrogen functional groups attached to an aromatic ring is 1. The van der Waals surface area contributed by atoms with Crippen LogP contribution in [0.3, 0.4) is 0 Å². The number of likely N-dealkylation sites (tertiary alicyclic amines) is 1. The highest BCUT2D eigenvalue weighted by atomic mass is 19.1. The third-order valence-corrected chi connectivity index (χ3v) is 5.91. The zero-order valence-electron chi connectivity index (χ0n) is 18.1. The van der Waals surface area contributed by atoms with Crippen LogP contribution in [-0.4, -0.2) is 50.8 Å². The average Bonchev–Trinajstić information content (AvgIpc) is 3.42. The molecule has 7 nitrogen and oxygen atoms in total. The van der Waals surface area contributed by atoms with E-state index in [1.54, 1.807) is 4.68 Å². The van der Waals surface area contributed by atoms with Crippen LogP contribution in [0.25, 0.3) is 22.3 Å². The zero-order chi connectivity index (χ0) is 22.8. The molecule has 3 N–H and O–H groups in total. The highest BCUT2D eigenvalue weighted by Crippen LogP contribution is 2.33. The summed E-state index contributed by atoms with van der Waals surface area (Å²) in [5.41, 5.74) is 8.25. The Balaban J connectivity index is 1.54. The molecule has 1 fully saturated rings. The van der Waals surface area contributed by atoms with Crippen molar-refractivity contribution in [3.05, 3.63) is 65.7 Å². The summed E-state index contributed by atoms with van der Waals surface area (Å²) in [5, 5.41) is 8.26. The lowest BCUT2D eigenvalue weighted by Gasteiger charge is -2.15. The molecular formula is C24H25F2N7. The van der Waals surface area contributed by atoms with Gasteiger partial charge in [-0.1, -0.05) is 30.3 Å². The van der Waals surface area contributed by atoms with E-state index in [-0.39, 0.29) is 11.3 Å². The quantitative estimate of drug-likeness (QED) is 0.445. The number of hydrogen-bond acceptors (Lipinski definition) is 6. The van der Waals surface area contributed by atoms with Crippen molar-refractivity contribution >= 4 is 22.8 Å². The molecule has 1 aliphatic rings. The number of aromatic nitrogens is 4. The van der Waals surface area contributed by atoms with E-state index >= 15 is 0 Å². The second-order valence-electron chi connectivity index (χ2n) is 8.22. The fraction of sp³-hybridized carbons (Fsp3) is 0.292. The van der Waals surface area contributed by atoms with Gasteiger partial charge in [0.2, 0.25) is 5.95 Å². The van der Waals surface area contributed by atoms with Crippen LogP contribution >= 0.6 is 0 Å². The number of halogens is 2. The number of nitrogens with zero attached hydrogens (tertiary/aromatic N) is 5. The van der Waals surface area contributed by atoms with Gasteiger partial charge < -0.3 is 16.0 Å². The summed E-state index contributed by atoms with van der Waals surface area (Å²) in [4.78, 5) is 11.5. The van der Waals surface area contributed by atoms with E-state index in [9.17, 15) is 8.78 Å². The van der Waals surface area contributed by atoms with Crippen LogP contribution in [-0.2, 0) is 6.54 Å². The van der Waals surface area contributed by atoms with Crippen LogP contribution in [0.15, 0.2) is 48.5 Å². The van der Waals surface area contributed by atoms with Crippen molar-refractivity contribution in [1.29, 1.82) is 0 Å². The Kier molecular flexibility index (Phi) is 5.87. The van der Waals surface area contributed by atoms with Crippen LogP contribution < -0.4 is 11.1 Å². The van der Waals surface area contributed by atoms with Gasteiger partial charge >= 0.3 is 0 Å². The standard InChI is InChI=1S/C24H25F2N7/c25-17-8-9-18(19(26)14-17)21-20-22(27)33(15-16-6-2-1-3-7-16)31-23(20)30-24(29-21)28-10-13-32-11-4-5-12-32/h1-3,6-9,14H,4-5,10-13,15,27H2,(H,28,30,31). The van der Waals surface area contributed by atoms with Crippen molar-refractivity contribution in [3.63, 3.8) is 0 Å². The molecule has 0 radical (unpaired) electrons. The molecule has 2 aromatic heterocycles. The van der Waals surface area contributed by atoms with Gasteiger partial charge in [-0.3, -0.25) is 0 Å². The molecule has 5 rings (SSSR count). The predicted molar refractivity (Wildman–Crippen MR) is 125 cm³/mol. The van der Waals surface area contributed by atoms with Gasteiger partial charge in [0.25, 0.3) is 0 Å². The number of nitrogens with two attached hydrogens (primary N) is 1. The zero-order valence-corrected chi connectivity index (χ0v) is 18.1. The van der Waals surface area contributed by atoms with Gasteiger partial charge in [0.05, 0.1) is 17.6 Å². The maximum absolute atomic E-state index is 14.7. The molecule has 3 heterocycles. The molecular weight excluding hydrogens is 424 g/mol. The van der Waals surface area contributed by atoms with E-state index in [0.717, 1.165) is 31.3 Å². The van der Waals surface area contributed by atoms with Crippen LogP contribution in [0.2, 0.25) is 0 Å². The normalized spacial score (nSPS) is 14.2. The number of nitrogens with one attached hydrogen (secondary N) is 1. The summed E-state index contributed by atoms with van der Waals surface area (Å²) in [6, 6.07) is 13.2. The van der Waals surface area contributed by atoms with Crippen LogP contribution in [0.4, 0.5) is 20.5 Å². The highest BCUT2D eigenvalue weighted by molar-refractivity contribution is 5.99. The van der Waals surface area contributed by atoms with Crippen molar-refractivity contribution in [1.82, 2.24) is 24.6 Å². The van der Waals surface area contributed by atoms with Gasteiger partial charge in [0, 0.05) is 24.7 Å². The number of hydrogen-bond donors (Lipinski definition) is 2. The summed E-state index contributed by atoms with van der Waals surface area (Å²) in [7, 11) is 0. The first-order valence-corrected chi connectivity index (χ1v) is 11.1. The van der Waals surface area contributed by atoms with Crippen LogP contribution in [0.1, 0.15) is 18.4 Å². The largest absolute Gasteiger partial charge is 0.383 e. The molecule has 33 heavy (non-hydrogen) atoms.